The van der Waals surface area contributed by atoms with Gasteiger partial charge in [0.25, 0.3) is 10.1 Å². The van der Waals surface area contributed by atoms with E-state index >= 15 is 0 Å². The Morgan fingerprint density at radius 3 is 2.35 bits per heavy atom. The molecule has 4 N–H and O–H groups in total. The smallest absolute Gasteiger partial charge is 0.338 e. The van der Waals surface area contributed by atoms with Crippen LogP contribution in [0.25, 0.3) is 0 Å². The van der Waals surface area contributed by atoms with Gasteiger partial charge in [0.1, 0.15) is 24.6 Å². The van der Waals surface area contributed by atoms with Crippen molar-refractivity contribution in [2.45, 2.75) is 25.5 Å². The van der Waals surface area contributed by atoms with Crippen LogP contribution in [0.2, 0.25) is 0 Å². The summed E-state index contributed by atoms with van der Waals surface area (Å²) in [6.07, 6.45) is -0.892. The summed E-state index contributed by atoms with van der Waals surface area (Å²) in [7, 11) is -4.42. The summed E-state index contributed by atoms with van der Waals surface area (Å²) in [6, 6.07) is 10.9. The number of hydrogen-bond acceptors (Lipinski definition) is 9. The van der Waals surface area contributed by atoms with Gasteiger partial charge in [-0.1, -0.05) is 24.3 Å². The molecule has 2 rings (SSSR count). The van der Waals surface area contributed by atoms with Gasteiger partial charge in [-0.05, 0) is 43.2 Å². The lowest BCUT2D eigenvalue weighted by Crippen LogP contribution is -2.43. The average Bonchev–Trinajstić information content (AvgIpc) is 2.71. The van der Waals surface area contributed by atoms with Gasteiger partial charge in [-0.2, -0.15) is 8.42 Å². The number of carbonyl (C=O) groups is 2. The van der Waals surface area contributed by atoms with Gasteiger partial charge in [-0.15, -0.1) is 0 Å². The molecule has 0 saturated heterocycles. The van der Waals surface area contributed by atoms with Gasteiger partial charge in [0.05, 0.1) is 5.56 Å². The van der Waals surface area contributed by atoms with Gasteiger partial charge < -0.3 is 19.7 Å². The first-order chi connectivity index (χ1) is 14.5. The second-order valence-electron chi connectivity index (χ2n) is 6.72. The third-order valence-corrected chi connectivity index (χ3v) is 4.59. The maximum Gasteiger partial charge on any atom is 0.338 e. The lowest BCUT2D eigenvalue weighted by molar-refractivity contribution is -0.148. The highest BCUT2D eigenvalue weighted by Gasteiger charge is 2.24. The molecule has 0 aliphatic heterocycles. The summed E-state index contributed by atoms with van der Waals surface area (Å²) in [5.41, 5.74) is 0.726. The Kier molecular flexibility index (Phi) is 8.37. The van der Waals surface area contributed by atoms with Crippen LogP contribution in [0.15, 0.2) is 48.5 Å². The Hall–Kier alpha value is -3.15. The molecule has 0 bridgehead atoms. The molecule has 168 valence electrons. The van der Waals surface area contributed by atoms with E-state index < -0.39 is 45.8 Å². The zero-order valence-electron chi connectivity index (χ0n) is 16.6. The van der Waals surface area contributed by atoms with Crippen LogP contribution in [0.4, 0.5) is 0 Å². The van der Waals surface area contributed by atoms with E-state index in [4.69, 9.17) is 14.0 Å². The Bertz CT molecular complexity index is 1010. The lowest BCUT2D eigenvalue weighted by atomic mass is 10.1. The Morgan fingerprint density at radius 1 is 1.06 bits per heavy atom. The first-order valence-corrected chi connectivity index (χ1v) is 10.8. The van der Waals surface area contributed by atoms with Crippen LogP contribution in [0.1, 0.15) is 22.8 Å². The monoisotopic (exact) mass is 453 g/mol. The van der Waals surface area contributed by atoms with E-state index in [1.165, 1.54) is 25.1 Å². The third kappa shape index (κ3) is 8.24. The van der Waals surface area contributed by atoms with Gasteiger partial charge in [0.2, 0.25) is 0 Å². The number of ether oxygens (including phenoxy) is 2. The molecule has 0 spiro atoms. The molecular formula is C20H23NO9S. The Labute approximate surface area is 179 Å². The molecule has 10 nitrogen and oxygen atoms in total. The summed E-state index contributed by atoms with van der Waals surface area (Å²) >= 11 is 0. The molecule has 0 heterocycles. The fourth-order valence-electron chi connectivity index (χ4n) is 2.54. The van der Waals surface area contributed by atoms with E-state index in [1.807, 2.05) is 0 Å². The van der Waals surface area contributed by atoms with E-state index in [9.17, 15) is 28.2 Å². The number of phenols is 2. The minimum atomic E-state index is -4.42. The van der Waals surface area contributed by atoms with Crippen LogP contribution < -0.4 is 5.32 Å². The number of esters is 2. The first kappa shape index (κ1) is 24.1. The topological polar surface area (TPSA) is 159 Å². The van der Waals surface area contributed by atoms with Crippen molar-refractivity contribution in [3.05, 3.63) is 59.7 Å². The minimum absolute atomic E-state index is 0.111. The number of benzene rings is 2. The summed E-state index contributed by atoms with van der Waals surface area (Å²) in [6.45, 7) is 1.23. The normalized spacial score (nSPS) is 13.2. The molecular weight excluding hydrogens is 430 g/mol. The molecule has 0 fully saturated rings. The van der Waals surface area contributed by atoms with Crippen LogP contribution in [-0.2, 0) is 30.8 Å². The van der Waals surface area contributed by atoms with Crippen LogP contribution in [0.3, 0.4) is 0 Å². The number of nitrogens with one attached hydrogen (secondary N) is 1. The van der Waals surface area contributed by atoms with Crippen LogP contribution in [-0.4, -0.2) is 59.8 Å². The van der Waals surface area contributed by atoms with E-state index in [-0.39, 0.29) is 18.8 Å². The summed E-state index contributed by atoms with van der Waals surface area (Å²) in [5, 5.41) is 21.3. The largest absolute Gasteiger partial charge is 0.504 e. The van der Waals surface area contributed by atoms with Crippen molar-refractivity contribution in [2.75, 3.05) is 12.5 Å². The highest BCUT2D eigenvalue weighted by atomic mass is 32.2. The van der Waals surface area contributed by atoms with Crippen molar-refractivity contribution >= 4 is 22.1 Å². The molecule has 0 radical (unpaired) electrons. The second-order valence-corrected chi connectivity index (χ2v) is 8.17. The predicted octanol–water partition coefficient (Wildman–Crippen LogP) is 1.23. The van der Waals surface area contributed by atoms with Crippen LogP contribution in [0.5, 0.6) is 11.5 Å². The molecule has 0 amide bonds. The molecule has 2 aromatic carbocycles. The maximum absolute atomic E-state index is 12.5. The van der Waals surface area contributed by atoms with Gasteiger partial charge in [0.15, 0.2) is 11.5 Å². The molecule has 0 aromatic heterocycles. The molecule has 0 aliphatic carbocycles. The fraction of sp³-hybridized carbons (Fsp3) is 0.300. The van der Waals surface area contributed by atoms with Gasteiger partial charge >= 0.3 is 11.9 Å². The first-order valence-electron chi connectivity index (χ1n) is 9.17. The highest BCUT2D eigenvalue weighted by Crippen LogP contribution is 2.25. The van der Waals surface area contributed by atoms with E-state index in [2.05, 4.69) is 5.32 Å². The molecule has 2 atom stereocenters. The van der Waals surface area contributed by atoms with E-state index in [0.717, 1.165) is 0 Å². The summed E-state index contributed by atoms with van der Waals surface area (Å²) < 4.78 is 41.4. The van der Waals surface area contributed by atoms with Crippen molar-refractivity contribution in [1.29, 1.82) is 0 Å². The van der Waals surface area contributed by atoms with Crippen molar-refractivity contribution < 1.29 is 42.2 Å². The SMILES string of the molecule is C[C@H](COC(=O)[C@H](Cc1ccc(O)c(O)c1)NCS(=O)(=O)O)OC(=O)c1ccccc1. The van der Waals surface area contributed by atoms with Crippen molar-refractivity contribution in [3.8, 4) is 11.5 Å². The van der Waals surface area contributed by atoms with Crippen molar-refractivity contribution in [2.24, 2.45) is 0 Å². The van der Waals surface area contributed by atoms with Gasteiger partial charge in [-0.25, -0.2) is 4.79 Å². The highest BCUT2D eigenvalue weighted by molar-refractivity contribution is 7.85. The number of hydrogen-bond donors (Lipinski definition) is 4. The molecule has 2 aromatic rings. The van der Waals surface area contributed by atoms with Gasteiger partial charge in [0, 0.05) is 0 Å². The second kappa shape index (κ2) is 10.8. The number of carbonyl (C=O) groups excluding carboxylic acids is 2. The molecule has 0 saturated carbocycles. The van der Waals surface area contributed by atoms with E-state index in [0.29, 0.717) is 11.1 Å². The van der Waals surface area contributed by atoms with Crippen molar-refractivity contribution in [3.63, 3.8) is 0 Å². The molecule has 31 heavy (non-hydrogen) atoms. The fourth-order valence-corrected chi connectivity index (χ4v) is 2.95. The zero-order chi connectivity index (χ0) is 23.0. The predicted molar refractivity (Wildman–Crippen MR) is 109 cm³/mol. The Morgan fingerprint density at radius 2 is 1.74 bits per heavy atom. The summed E-state index contributed by atoms with van der Waals surface area (Å²) in [5.74, 6) is -3.14. The molecule has 0 aliphatic rings. The van der Waals surface area contributed by atoms with Gasteiger partial charge in [-0.3, -0.25) is 14.7 Å². The van der Waals surface area contributed by atoms with Crippen molar-refractivity contribution in [1.82, 2.24) is 5.32 Å². The summed E-state index contributed by atoms with van der Waals surface area (Å²) in [4.78, 5) is 24.5. The third-order valence-electron chi connectivity index (χ3n) is 4.05. The van der Waals surface area contributed by atoms with E-state index in [1.54, 1.807) is 30.3 Å². The average molecular weight is 453 g/mol. The maximum atomic E-state index is 12.5. The standard InChI is InChI=1S/C20H23NO9S/c1-13(30-19(24)15-5-3-2-4-6-15)11-29-20(25)16(21-12-31(26,27)28)9-14-7-8-17(22)18(23)10-14/h2-8,10,13,16,21-23H,9,11-12H2,1H3,(H,26,27,28)/t13-,16+/m1/s1. The minimum Gasteiger partial charge on any atom is -0.504 e. The zero-order valence-corrected chi connectivity index (χ0v) is 17.4. The Balaban J connectivity index is 1.98. The molecule has 11 heteroatoms. The number of aromatic hydroxyl groups is 2. The number of rotatable bonds is 10. The quantitative estimate of drug-likeness (QED) is 0.234. The lowest BCUT2D eigenvalue weighted by Gasteiger charge is -2.19. The number of phenolic OH excluding ortho intramolecular Hbond substituents is 2. The van der Waals surface area contributed by atoms with Crippen LogP contribution in [0, 0.1) is 0 Å². The molecule has 0 unspecified atom stereocenters. The van der Waals surface area contributed by atoms with Crippen LogP contribution >= 0.6 is 0 Å².